The molecule has 0 heterocycles. The van der Waals surface area contributed by atoms with Gasteiger partial charge in [-0.3, -0.25) is 0 Å². The number of rotatable bonds is 4. The van der Waals surface area contributed by atoms with E-state index in [4.69, 9.17) is 0 Å². The van der Waals surface area contributed by atoms with E-state index in [1.54, 1.807) is 0 Å². The van der Waals surface area contributed by atoms with Crippen LogP contribution in [0.3, 0.4) is 0 Å². The molecule has 0 spiro atoms. The molecule has 0 aliphatic rings. The normalized spacial score (nSPS) is 10.8. The van der Waals surface area contributed by atoms with Crippen LogP contribution in [0.25, 0.3) is 0 Å². The van der Waals surface area contributed by atoms with Crippen LogP contribution in [0.15, 0.2) is 12.1 Å². The fourth-order valence-corrected chi connectivity index (χ4v) is 1.08. The summed E-state index contributed by atoms with van der Waals surface area (Å²) in [4.78, 5) is 1.89. The lowest BCUT2D eigenvalue weighted by molar-refractivity contribution is 0.423. The van der Waals surface area contributed by atoms with Gasteiger partial charge >= 0.3 is 0 Å². The molecule has 5 heteroatoms. The summed E-state index contributed by atoms with van der Waals surface area (Å²) < 4.78 is 38.4. The molecule has 0 aliphatic carbocycles. The number of halogens is 3. The lowest BCUT2D eigenvalue weighted by atomic mass is 10.3. The summed E-state index contributed by atoms with van der Waals surface area (Å²) in [6.07, 6.45) is 0. The Hall–Kier alpha value is -1.23. The van der Waals surface area contributed by atoms with Gasteiger partial charge in [0.15, 0.2) is 17.5 Å². The van der Waals surface area contributed by atoms with Crippen LogP contribution in [0.1, 0.15) is 0 Å². The van der Waals surface area contributed by atoms with Crippen LogP contribution in [0.2, 0.25) is 0 Å². The monoisotopic (exact) mass is 218 g/mol. The van der Waals surface area contributed by atoms with E-state index >= 15 is 0 Å². The van der Waals surface area contributed by atoms with E-state index in [2.05, 4.69) is 5.32 Å². The standard InChI is InChI=1S/C10H13F3N2/c1-15(2)6-5-14-8-4-3-7(11)9(12)10(8)13/h3-4,14H,5-6H2,1-2H3. The Kier molecular flexibility index (Phi) is 3.96. The highest BCUT2D eigenvalue weighted by Crippen LogP contribution is 2.19. The zero-order valence-electron chi connectivity index (χ0n) is 8.65. The molecule has 0 saturated carbocycles. The third-order valence-electron chi connectivity index (χ3n) is 1.91. The number of nitrogens with one attached hydrogen (secondary N) is 1. The molecule has 0 fully saturated rings. The van der Waals surface area contributed by atoms with Crippen molar-refractivity contribution in [3.63, 3.8) is 0 Å². The molecule has 84 valence electrons. The van der Waals surface area contributed by atoms with Gasteiger partial charge in [0.1, 0.15) is 0 Å². The molecule has 0 aliphatic heterocycles. The van der Waals surface area contributed by atoms with Gasteiger partial charge in [-0.2, -0.15) is 0 Å². The largest absolute Gasteiger partial charge is 0.381 e. The van der Waals surface area contributed by atoms with Gasteiger partial charge in [0.25, 0.3) is 0 Å². The van der Waals surface area contributed by atoms with Gasteiger partial charge in [0.05, 0.1) is 5.69 Å². The summed E-state index contributed by atoms with van der Waals surface area (Å²) in [5.74, 6) is -3.79. The summed E-state index contributed by atoms with van der Waals surface area (Å²) in [7, 11) is 3.73. The Morgan fingerprint density at radius 3 is 2.40 bits per heavy atom. The number of hydrogen-bond donors (Lipinski definition) is 1. The predicted molar refractivity (Wildman–Crippen MR) is 53.4 cm³/mol. The number of anilines is 1. The predicted octanol–water partition coefficient (Wildman–Crippen LogP) is 2.08. The Morgan fingerprint density at radius 1 is 1.13 bits per heavy atom. The van der Waals surface area contributed by atoms with Gasteiger partial charge in [0, 0.05) is 13.1 Å². The Morgan fingerprint density at radius 2 is 1.80 bits per heavy atom. The number of benzene rings is 1. The van der Waals surface area contributed by atoms with Crippen molar-refractivity contribution < 1.29 is 13.2 Å². The number of hydrogen-bond acceptors (Lipinski definition) is 2. The quantitative estimate of drug-likeness (QED) is 0.778. The first-order valence-corrected chi connectivity index (χ1v) is 4.54. The maximum atomic E-state index is 13.1. The minimum Gasteiger partial charge on any atom is -0.381 e. The molecule has 1 rings (SSSR count). The van der Waals surface area contributed by atoms with Crippen LogP contribution in [0, 0.1) is 17.5 Å². The van der Waals surface area contributed by atoms with E-state index in [0.717, 1.165) is 6.07 Å². The second kappa shape index (κ2) is 5.02. The minimum atomic E-state index is -1.44. The van der Waals surface area contributed by atoms with E-state index in [1.807, 2.05) is 19.0 Å². The Labute approximate surface area is 86.7 Å². The van der Waals surface area contributed by atoms with Gasteiger partial charge < -0.3 is 10.2 Å². The van der Waals surface area contributed by atoms with Gasteiger partial charge in [-0.05, 0) is 26.2 Å². The van der Waals surface area contributed by atoms with Crippen molar-refractivity contribution in [1.82, 2.24) is 4.90 Å². The topological polar surface area (TPSA) is 15.3 Å². The first kappa shape index (κ1) is 11.8. The molecule has 0 radical (unpaired) electrons. The van der Waals surface area contributed by atoms with Crippen LogP contribution in [-0.4, -0.2) is 32.1 Å². The summed E-state index contributed by atoms with van der Waals surface area (Å²) in [6, 6.07) is 2.08. The lowest BCUT2D eigenvalue weighted by Crippen LogP contribution is -2.21. The first-order chi connectivity index (χ1) is 7.02. The molecule has 0 amide bonds. The highest BCUT2D eigenvalue weighted by molar-refractivity contribution is 5.45. The third kappa shape index (κ3) is 3.13. The van der Waals surface area contributed by atoms with Crippen LogP contribution >= 0.6 is 0 Å². The molecule has 0 atom stereocenters. The summed E-state index contributed by atoms with van der Waals surface area (Å²) in [5, 5.41) is 2.69. The van der Waals surface area contributed by atoms with E-state index in [0.29, 0.717) is 13.1 Å². The second-order valence-electron chi connectivity index (χ2n) is 3.45. The molecule has 0 saturated heterocycles. The van der Waals surface area contributed by atoms with Crippen molar-refractivity contribution in [2.45, 2.75) is 0 Å². The van der Waals surface area contributed by atoms with Crippen LogP contribution < -0.4 is 5.32 Å². The molecule has 1 aromatic carbocycles. The van der Waals surface area contributed by atoms with Crippen LogP contribution in [0.4, 0.5) is 18.9 Å². The van der Waals surface area contributed by atoms with Crippen molar-refractivity contribution in [3.8, 4) is 0 Å². The van der Waals surface area contributed by atoms with E-state index in [1.165, 1.54) is 6.07 Å². The highest BCUT2D eigenvalue weighted by atomic mass is 19.2. The zero-order valence-corrected chi connectivity index (χ0v) is 8.65. The zero-order chi connectivity index (χ0) is 11.4. The molecule has 0 bridgehead atoms. The molecule has 1 N–H and O–H groups in total. The summed E-state index contributed by atoms with van der Waals surface area (Å²) >= 11 is 0. The van der Waals surface area contributed by atoms with Gasteiger partial charge in [-0.15, -0.1) is 0 Å². The molecular formula is C10H13F3N2. The van der Waals surface area contributed by atoms with E-state index in [9.17, 15) is 13.2 Å². The average Bonchev–Trinajstić information content (AvgIpc) is 2.18. The van der Waals surface area contributed by atoms with Crippen molar-refractivity contribution >= 4 is 5.69 Å². The van der Waals surface area contributed by atoms with Crippen molar-refractivity contribution in [3.05, 3.63) is 29.6 Å². The first-order valence-electron chi connectivity index (χ1n) is 4.54. The smallest absolute Gasteiger partial charge is 0.196 e. The second-order valence-corrected chi connectivity index (χ2v) is 3.45. The van der Waals surface area contributed by atoms with Crippen molar-refractivity contribution in [2.75, 3.05) is 32.5 Å². The average molecular weight is 218 g/mol. The maximum Gasteiger partial charge on any atom is 0.196 e. The fraction of sp³-hybridized carbons (Fsp3) is 0.400. The van der Waals surface area contributed by atoms with E-state index in [-0.39, 0.29) is 5.69 Å². The number of nitrogens with zero attached hydrogens (tertiary/aromatic N) is 1. The number of likely N-dealkylation sites (N-methyl/N-ethyl adjacent to an activating group) is 1. The van der Waals surface area contributed by atoms with Gasteiger partial charge in [0.2, 0.25) is 0 Å². The van der Waals surface area contributed by atoms with Crippen molar-refractivity contribution in [1.29, 1.82) is 0 Å². The molecular weight excluding hydrogens is 205 g/mol. The fourth-order valence-electron chi connectivity index (χ4n) is 1.08. The Balaban J connectivity index is 2.66. The van der Waals surface area contributed by atoms with Gasteiger partial charge in [-0.1, -0.05) is 0 Å². The third-order valence-corrected chi connectivity index (χ3v) is 1.91. The van der Waals surface area contributed by atoms with E-state index < -0.39 is 17.5 Å². The molecule has 1 aromatic rings. The highest BCUT2D eigenvalue weighted by Gasteiger charge is 2.12. The summed E-state index contributed by atoms with van der Waals surface area (Å²) in [5.41, 5.74) is -0.0178. The molecule has 0 aromatic heterocycles. The molecule has 2 nitrogen and oxygen atoms in total. The summed E-state index contributed by atoms with van der Waals surface area (Å²) in [6.45, 7) is 1.15. The SMILES string of the molecule is CN(C)CCNc1ccc(F)c(F)c1F. The van der Waals surface area contributed by atoms with Crippen LogP contribution in [0.5, 0.6) is 0 Å². The van der Waals surface area contributed by atoms with Crippen LogP contribution in [-0.2, 0) is 0 Å². The minimum absolute atomic E-state index is 0.0178. The molecule has 0 unspecified atom stereocenters. The Bertz CT molecular complexity index is 340. The maximum absolute atomic E-state index is 13.1. The van der Waals surface area contributed by atoms with Crippen molar-refractivity contribution in [2.24, 2.45) is 0 Å². The molecule has 15 heavy (non-hydrogen) atoms. The van der Waals surface area contributed by atoms with Gasteiger partial charge in [-0.25, -0.2) is 13.2 Å². The lowest BCUT2D eigenvalue weighted by Gasteiger charge is -2.12.